The largest absolute Gasteiger partial charge is 0.461 e. The summed E-state index contributed by atoms with van der Waals surface area (Å²) >= 11 is 4.97. The number of aromatic amines is 1. The van der Waals surface area contributed by atoms with E-state index in [4.69, 9.17) is 17.0 Å². The third kappa shape index (κ3) is 2.98. The van der Waals surface area contributed by atoms with Gasteiger partial charge in [0.05, 0.1) is 12.3 Å². The summed E-state index contributed by atoms with van der Waals surface area (Å²) in [4.78, 5) is 15.5. The van der Waals surface area contributed by atoms with E-state index in [9.17, 15) is 10.0 Å². The van der Waals surface area contributed by atoms with Gasteiger partial charge in [0.15, 0.2) is 4.64 Å². The summed E-state index contributed by atoms with van der Waals surface area (Å²) in [6.45, 7) is 1.89. The predicted molar refractivity (Wildman–Crippen MR) is 73.5 cm³/mol. The number of H-pyrrole nitrogens is 1. The predicted octanol–water partition coefficient (Wildman–Crippen LogP) is 2.24. The Balaban J connectivity index is 2.30. The van der Waals surface area contributed by atoms with E-state index in [0.717, 1.165) is 5.06 Å². The van der Waals surface area contributed by atoms with Gasteiger partial charge in [-0.25, -0.2) is 9.89 Å². The lowest BCUT2D eigenvalue weighted by molar-refractivity contribution is 0.0516. The van der Waals surface area contributed by atoms with Crippen LogP contribution in [0.5, 0.6) is 0 Å². The average Bonchev–Trinajstić information content (AvgIpc) is 2.47. The summed E-state index contributed by atoms with van der Waals surface area (Å²) < 4.78 is 4.74. The third-order valence-corrected chi connectivity index (χ3v) is 2.63. The monoisotopic (exact) mass is 292 g/mol. The topological polar surface area (TPSA) is 91.3 Å². The number of nitrogens with one attached hydrogen (secondary N) is 1. The molecule has 0 saturated heterocycles. The first-order valence-electron chi connectivity index (χ1n) is 5.81. The van der Waals surface area contributed by atoms with E-state index in [1.165, 1.54) is 0 Å². The molecule has 1 aromatic heterocycles. The van der Waals surface area contributed by atoms with Gasteiger partial charge >= 0.3 is 5.97 Å². The van der Waals surface area contributed by atoms with Crippen molar-refractivity contribution in [3.05, 3.63) is 40.7 Å². The quantitative estimate of drug-likeness (QED) is 0.507. The highest BCUT2D eigenvalue weighted by Crippen LogP contribution is 2.18. The van der Waals surface area contributed by atoms with Crippen molar-refractivity contribution < 1.29 is 14.7 Å². The minimum Gasteiger partial charge on any atom is -0.461 e. The van der Waals surface area contributed by atoms with Crippen LogP contribution in [0.1, 0.15) is 17.4 Å². The van der Waals surface area contributed by atoms with Crippen molar-refractivity contribution in [3.8, 4) is 0 Å². The zero-order valence-electron chi connectivity index (χ0n) is 10.6. The van der Waals surface area contributed by atoms with Gasteiger partial charge < -0.3 is 4.74 Å². The Kier molecular flexibility index (Phi) is 4.38. The van der Waals surface area contributed by atoms with Crippen LogP contribution in [0.4, 0.5) is 11.6 Å². The second kappa shape index (κ2) is 6.22. The number of rotatable bonds is 4. The number of benzene rings is 1. The van der Waals surface area contributed by atoms with Crippen LogP contribution in [0.3, 0.4) is 0 Å². The van der Waals surface area contributed by atoms with Crippen LogP contribution in [0.25, 0.3) is 0 Å². The minimum atomic E-state index is -0.656. The standard InChI is InChI=1S/C12H12N4O3S/c1-2-19-11(17)9-10(20)13-12(15-14-9)16(18)8-6-4-3-5-7-8/h3-7,18H,2H2,1H3,(H,13,15,20). The number of aromatic nitrogens is 3. The van der Waals surface area contributed by atoms with E-state index in [1.54, 1.807) is 31.2 Å². The van der Waals surface area contributed by atoms with Gasteiger partial charge in [0.25, 0.3) is 0 Å². The molecule has 0 fully saturated rings. The first-order valence-corrected chi connectivity index (χ1v) is 6.22. The van der Waals surface area contributed by atoms with Crippen LogP contribution in [-0.4, -0.2) is 33.0 Å². The third-order valence-electron chi connectivity index (χ3n) is 2.35. The van der Waals surface area contributed by atoms with E-state index in [2.05, 4.69) is 15.2 Å². The number of anilines is 2. The molecule has 2 aromatic rings. The zero-order chi connectivity index (χ0) is 14.5. The second-order valence-corrected chi connectivity index (χ2v) is 4.07. The number of hydrogen-bond acceptors (Lipinski definition) is 7. The fraction of sp³-hybridized carbons (Fsp3) is 0.167. The molecule has 2 rings (SSSR count). The summed E-state index contributed by atoms with van der Waals surface area (Å²) in [5.74, 6) is -0.647. The molecule has 0 aliphatic carbocycles. The Morgan fingerprint density at radius 3 is 2.75 bits per heavy atom. The maximum absolute atomic E-state index is 11.5. The molecule has 0 aliphatic heterocycles. The number of hydrogen-bond donors (Lipinski definition) is 2. The Labute approximate surface area is 119 Å². The van der Waals surface area contributed by atoms with Gasteiger partial charge in [-0.1, -0.05) is 30.4 Å². The molecule has 0 amide bonds. The van der Waals surface area contributed by atoms with Gasteiger partial charge in [-0.3, -0.25) is 5.21 Å². The van der Waals surface area contributed by atoms with Gasteiger partial charge in [-0.2, -0.15) is 15.1 Å². The number of esters is 1. The lowest BCUT2D eigenvalue weighted by Crippen LogP contribution is -2.17. The molecule has 0 bridgehead atoms. The molecule has 20 heavy (non-hydrogen) atoms. The van der Waals surface area contributed by atoms with Crippen molar-refractivity contribution in [2.24, 2.45) is 0 Å². The molecular weight excluding hydrogens is 280 g/mol. The first kappa shape index (κ1) is 14.1. The van der Waals surface area contributed by atoms with E-state index in [1.807, 2.05) is 6.07 Å². The fourth-order valence-corrected chi connectivity index (χ4v) is 1.66. The summed E-state index contributed by atoms with van der Waals surface area (Å²) in [5.41, 5.74) is 0.392. The van der Waals surface area contributed by atoms with Crippen molar-refractivity contribution >= 4 is 29.8 Å². The second-order valence-electron chi connectivity index (χ2n) is 3.68. The van der Waals surface area contributed by atoms with Crippen molar-refractivity contribution in [2.75, 3.05) is 11.7 Å². The van der Waals surface area contributed by atoms with Gasteiger partial charge in [-0.15, -0.1) is 0 Å². The smallest absolute Gasteiger partial charge is 0.361 e. The van der Waals surface area contributed by atoms with Gasteiger partial charge in [-0.05, 0) is 19.1 Å². The summed E-state index contributed by atoms with van der Waals surface area (Å²) in [5, 5.41) is 17.0. The Morgan fingerprint density at radius 2 is 2.15 bits per heavy atom. The van der Waals surface area contributed by atoms with Crippen molar-refractivity contribution in [1.82, 2.24) is 15.2 Å². The molecule has 0 radical (unpaired) electrons. The molecule has 104 valence electrons. The molecule has 0 spiro atoms. The van der Waals surface area contributed by atoms with Gasteiger partial charge in [0, 0.05) is 0 Å². The molecule has 1 aromatic carbocycles. The van der Waals surface area contributed by atoms with Crippen LogP contribution in [0.2, 0.25) is 0 Å². The Hall–Kier alpha value is -2.32. The molecular formula is C12H12N4O3S. The molecule has 0 saturated carbocycles. The van der Waals surface area contributed by atoms with E-state index >= 15 is 0 Å². The molecule has 0 atom stereocenters. The summed E-state index contributed by atoms with van der Waals surface area (Å²) in [6, 6.07) is 8.69. The zero-order valence-corrected chi connectivity index (χ0v) is 11.4. The number of carbonyl (C=O) groups is 1. The van der Waals surface area contributed by atoms with Crippen molar-refractivity contribution in [3.63, 3.8) is 0 Å². The molecule has 8 heteroatoms. The van der Waals surface area contributed by atoms with Crippen LogP contribution in [0.15, 0.2) is 30.3 Å². The van der Waals surface area contributed by atoms with Crippen molar-refractivity contribution in [2.45, 2.75) is 6.92 Å². The lowest BCUT2D eigenvalue weighted by Gasteiger charge is -2.14. The van der Waals surface area contributed by atoms with Gasteiger partial charge in [0.2, 0.25) is 11.6 Å². The maximum Gasteiger partial charge on any atom is 0.361 e. The number of nitrogens with zero attached hydrogens (tertiary/aromatic N) is 3. The normalized spacial score (nSPS) is 10.1. The lowest BCUT2D eigenvalue weighted by atomic mass is 10.3. The highest BCUT2D eigenvalue weighted by molar-refractivity contribution is 7.71. The van der Waals surface area contributed by atoms with Crippen LogP contribution < -0.4 is 5.06 Å². The fourth-order valence-electron chi connectivity index (χ4n) is 1.45. The van der Waals surface area contributed by atoms with E-state index in [0.29, 0.717) is 5.69 Å². The Bertz CT molecular complexity index is 659. The highest BCUT2D eigenvalue weighted by Gasteiger charge is 2.15. The Morgan fingerprint density at radius 1 is 1.45 bits per heavy atom. The molecule has 7 nitrogen and oxygen atoms in total. The summed E-state index contributed by atoms with van der Waals surface area (Å²) in [6.07, 6.45) is 0. The molecule has 0 aliphatic rings. The van der Waals surface area contributed by atoms with E-state index < -0.39 is 5.97 Å². The van der Waals surface area contributed by atoms with Crippen molar-refractivity contribution in [1.29, 1.82) is 0 Å². The molecule has 2 N–H and O–H groups in total. The number of ether oxygens (including phenoxy) is 1. The highest BCUT2D eigenvalue weighted by atomic mass is 32.1. The van der Waals surface area contributed by atoms with E-state index in [-0.39, 0.29) is 22.9 Å². The van der Waals surface area contributed by atoms with Crippen LogP contribution >= 0.6 is 12.2 Å². The maximum atomic E-state index is 11.5. The van der Waals surface area contributed by atoms with Crippen LogP contribution in [0, 0.1) is 4.64 Å². The number of para-hydroxylation sites is 1. The molecule has 1 heterocycles. The minimum absolute atomic E-state index is 0.00856. The first-order chi connectivity index (χ1) is 9.63. The molecule has 0 unspecified atom stereocenters. The number of carbonyl (C=O) groups excluding carboxylic acids is 1. The SMILES string of the molecule is CCOC(=O)c1n[nH]c(N(O)c2ccccc2)nc1=S. The average molecular weight is 292 g/mol. The van der Waals surface area contributed by atoms with Gasteiger partial charge in [0.1, 0.15) is 0 Å². The van der Waals surface area contributed by atoms with Crippen LogP contribution in [-0.2, 0) is 4.74 Å². The summed E-state index contributed by atoms with van der Waals surface area (Å²) in [7, 11) is 0.